The molecule has 0 unspecified atom stereocenters. The van der Waals surface area contributed by atoms with Crippen LogP contribution in [0.15, 0.2) is 101 Å². The van der Waals surface area contributed by atoms with Crippen LogP contribution in [0.3, 0.4) is 0 Å². The number of hydrogen-bond acceptors (Lipinski definition) is 6. The van der Waals surface area contributed by atoms with Gasteiger partial charge < -0.3 is 13.9 Å². The summed E-state index contributed by atoms with van der Waals surface area (Å²) in [6.07, 6.45) is 3.31. The molecule has 0 N–H and O–H groups in total. The molecule has 0 fully saturated rings. The Balaban J connectivity index is 1.43. The molecule has 0 spiro atoms. The van der Waals surface area contributed by atoms with Crippen molar-refractivity contribution in [2.75, 3.05) is 7.11 Å². The van der Waals surface area contributed by atoms with Crippen molar-refractivity contribution in [2.45, 2.75) is 0 Å². The number of carbonyl (C=O) groups is 2. The summed E-state index contributed by atoms with van der Waals surface area (Å²) in [6.45, 7) is 0. The van der Waals surface area contributed by atoms with Crippen LogP contribution in [0.25, 0.3) is 28.4 Å². The van der Waals surface area contributed by atoms with Crippen molar-refractivity contribution in [2.24, 2.45) is 0 Å². The second-order valence-corrected chi connectivity index (χ2v) is 8.64. The molecular formula is C29H20O5S. The fraction of sp³-hybridized carbons (Fsp3) is 0.0345. The Kier molecular flexibility index (Phi) is 6.28. The third kappa shape index (κ3) is 4.78. The van der Waals surface area contributed by atoms with Crippen molar-refractivity contribution in [3.05, 3.63) is 112 Å². The lowest BCUT2D eigenvalue weighted by Crippen LogP contribution is -2.09. The van der Waals surface area contributed by atoms with Crippen LogP contribution < -0.4 is 9.47 Å². The number of esters is 1. The molecule has 0 saturated heterocycles. The van der Waals surface area contributed by atoms with E-state index in [0.717, 1.165) is 10.4 Å². The molecule has 0 aliphatic heterocycles. The van der Waals surface area contributed by atoms with Gasteiger partial charge in [-0.25, -0.2) is 4.79 Å². The zero-order chi connectivity index (χ0) is 24.2. The van der Waals surface area contributed by atoms with E-state index in [4.69, 9.17) is 13.9 Å². The minimum atomic E-state index is -0.562. The van der Waals surface area contributed by atoms with Crippen LogP contribution in [0.4, 0.5) is 0 Å². The third-order valence-electron chi connectivity index (χ3n) is 5.43. The normalized spacial score (nSPS) is 11.1. The molecule has 0 bridgehead atoms. The van der Waals surface area contributed by atoms with Gasteiger partial charge in [0.2, 0.25) is 0 Å². The molecule has 35 heavy (non-hydrogen) atoms. The molecule has 2 heterocycles. The minimum Gasteiger partial charge on any atom is -0.497 e. The highest BCUT2D eigenvalue weighted by molar-refractivity contribution is 7.10. The molecule has 0 aliphatic carbocycles. The van der Waals surface area contributed by atoms with Crippen LogP contribution in [0.1, 0.15) is 25.6 Å². The first kappa shape index (κ1) is 22.4. The molecular weight excluding hydrogens is 460 g/mol. The Morgan fingerprint density at radius 1 is 0.886 bits per heavy atom. The number of carbonyl (C=O) groups excluding carboxylic acids is 2. The molecule has 5 nitrogen and oxygen atoms in total. The van der Waals surface area contributed by atoms with Gasteiger partial charge in [0.15, 0.2) is 5.78 Å². The largest absolute Gasteiger partial charge is 0.497 e. The van der Waals surface area contributed by atoms with E-state index in [1.165, 1.54) is 6.08 Å². The van der Waals surface area contributed by atoms with Gasteiger partial charge in [-0.05, 0) is 66.1 Å². The minimum absolute atomic E-state index is 0.129. The fourth-order valence-electron chi connectivity index (χ4n) is 3.68. The van der Waals surface area contributed by atoms with E-state index in [1.807, 2.05) is 47.8 Å². The van der Waals surface area contributed by atoms with Crippen LogP contribution >= 0.6 is 11.3 Å². The average Bonchev–Trinajstić information content (AvgIpc) is 3.55. The van der Waals surface area contributed by atoms with Gasteiger partial charge in [-0.15, -0.1) is 11.3 Å². The molecule has 172 valence electrons. The molecule has 5 rings (SSSR count). The molecule has 0 saturated carbocycles. The summed E-state index contributed by atoms with van der Waals surface area (Å²) in [5, 5.41) is 2.55. The van der Waals surface area contributed by atoms with E-state index in [1.54, 1.807) is 67.0 Å². The molecule has 0 amide bonds. The summed E-state index contributed by atoms with van der Waals surface area (Å²) in [6, 6.07) is 25.0. The summed E-state index contributed by atoms with van der Waals surface area (Å²) in [5.74, 6) is 0.655. The second-order valence-electron chi connectivity index (χ2n) is 7.66. The molecule has 0 aliphatic rings. The van der Waals surface area contributed by atoms with Crippen LogP contribution in [-0.2, 0) is 0 Å². The number of thiophene rings is 1. The van der Waals surface area contributed by atoms with E-state index >= 15 is 0 Å². The second kappa shape index (κ2) is 9.83. The molecule has 2 aromatic heterocycles. The van der Waals surface area contributed by atoms with E-state index in [-0.39, 0.29) is 5.78 Å². The van der Waals surface area contributed by atoms with Crippen LogP contribution in [0.2, 0.25) is 0 Å². The number of benzene rings is 3. The Morgan fingerprint density at radius 2 is 1.66 bits per heavy atom. The standard InChI is InChI=1S/C29H20O5S/c1-32-22-13-16-26-24(18-22)27(28(34-26)20-6-3-2-4-7-20)29(31)33-21-11-9-19(10-12-21)25(30)15-14-23-8-5-17-35-23/h2-18H,1H3/b15-14+. The number of rotatable bonds is 7. The quantitative estimate of drug-likeness (QED) is 0.106. The molecule has 5 aromatic rings. The van der Waals surface area contributed by atoms with E-state index in [0.29, 0.717) is 39.4 Å². The first-order valence-corrected chi connectivity index (χ1v) is 11.7. The summed E-state index contributed by atoms with van der Waals surface area (Å²) in [7, 11) is 1.57. The highest BCUT2D eigenvalue weighted by Gasteiger charge is 2.24. The summed E-state index contributed by atoms with van der Waals surface area (Å²) in [4.78, 5) is 26.8. The van der Waals surface area contributed by atoms with E-state index in [2.05, 4.69) is 0 Å². The van der Waals surface area contributed by atoms with Crippen molar-refractivity contribution < 1.29 is 23.5 Å². The van der Waals surface area contributed by atoms with Gasteiger partial charge in [-0.2, -0.15) is 0 Å². The van der Waals surface area contributed by atoms with Crippen molar-refractivity contribution in [3.8, 4) is 22.8 Å². The highest BCUT2D eigenvalue weighted by Crippen LogP contribution is 2.36. The zero-order valence-electron chi connectivity index (χ0n) is 18.8. The van der Waals surface area contributed by atoms with Gasteiger partial charge in [0.05, 0.1) is 7.11 Å². The molecule has 0 radical (unpaired) electrons. The fourth-order valence-corrected chi connectivity index (χ4v) is 4.30. The molecule has 6 heteroatoms. The van der Waals surface area contributed by atoms with E-state index < -0.39 is 5.97 Å². The number of fused-ring (bicyclic) bond motifs is 1. The lowest BCUT2D eigenvalue weighted by Gasteiger charge is -2.06. The van der Waals surface area contributed by atoms with Gasteiger partial charge in [0.1, 0.15) is 28.4 Å². The lowest BCUT2D eigenvalue weighted by molar-refractivity contribution is 0.0737. The number of hydrogen-bond donors (Lipinski definition) is 0. The molecule has 0 atom stereocenters. The summed E-state index contributed by atoms with van der Waals surface area (Å²) < 4.78 is 17.1. The maximum absolute atomic E-state index is 13.3. The predicted molar refractivity (Wildman–Crippen MR) is 137 cm³/mol. The van der Waals surface area contributed by atoms with Crippen LogP contribution in [0, 0.1) is 0 Å². The van der Waals surface area contributed by atoms with E-state index in [9.17, 15) is 9.59 Å². The maximum atomic E-state index is 13.3. The van der Waals surface area contributed by atoms with Gasteiger partial charge in [0.25, 0.3) is 0 Å². The SMILES string of the molecule is COc1ccc2oc(-c3ccccc3)c(C(=O)Oc3ccc(C(=O)/C=C/c4cccs4)cc3)c2c1. The van der Waals surface area contributed by atoms with Gasteiger partial charge in [-0.3, -0.25) is 4.79 Å². The Labute approximate surface area is 205 Å². The third-order valence-corrected chi connectivity index (χ3v) is 6.26. The number of ether oxygens (including phenoxy) is 2. The predicted octanol–water partition coefficient (Wildman–Crippen LogP) is 7.29. The number of allylic oxidation sites excluding steroid dienone is 1. The molecule has 3 aromatic carbocycles. The monoisotopic (exact) mass is 480 g/mol. The topological polar surface area (TPSA) is 65.7 Å². The number of furan rings is 1. The average molecular weight is 481 g/mol. The maximum Gasteiger partial charge on any atom is 0.348 e. The lowest BCUT2D eigenvalue weighted by atomic mass is 10.1. The number of methoxy groups -OCH3 is 1. The zero-order valence-corrected chi connectivity index (χ0v) is 19.6. The Bertz CT molecular complexity index is 1510. The van der Waals surface area contributed by atoms with Gasteiger partial charge in [0, 0.05) is 21.4 Å². The Hall–Kier alpha value is -4.42. The van der Waals surface area contributed by atoms with Crippen molar-refractivity contribution in [1.29, 1.82) is 0 Å². The van der Waals surface area contributed by atoms with Crippen molar-refractivity contribution in [3.63, 3.8) is 0 Å². The number of ketones is 1. The Morgan fingerprint density at radius 3 is 2.37 bits per heavy atom. The smallest absolute Gasteiger partial charge is 0.348 e. The van der Waals surface area contributed by atoms with Crippen LogP contribution in [0.5, 0.6) is 11.5 Å². The van der Waals surface area contributed by atoms with Crippen LogP contribution in [-0.4, -0.2) is 18.9 Å². The summed E-state index contributed by atoms with van der Waals surface area (Å²) in [5.41, 5.74) is 2.12. The van der Waals surface area contributed by atoms with Gasteiger partial charge in [-0.1, -0.05) is 36.4 Å². The first-order valence-electron chi connectivity index (χ1n) is 10.9. The van der Waals surface area contributed by atoms with Crippen molar-refractivity contribution in [1.82, 2.24) is 0 Å². The highest BCUT2D eigenvalue weighted by atomic mass is 32.1. The summed E-state index contributed by atoms with van der Waals surface area (Å²) >= 11 is 1.56. The first-order chi connectivity index (χ1) is 17.1. The van der Waals surface area contributed by atoms with Gasteiger partial charge >= 0.3 is 5.97 Å². The van der Waals surface area contributed by atoms with Crippen molar-refractivity contribution >= 4 is 40.1 Å².